The van der Waals surface area contributed by atoms with Gasteiger partial charge < -0.3 is 4.74 Å². The lowest BCUT2D eigenvalue weighted by atomic mass is 10.5. The standard InChI is InChI=1S/C7H10ClF3O/c1-2-4-12-5-3-6(8)7(9,10)11/h3H,2,4-5H2,1H3. The van der Waals surface area contributed by atoms with E-state index in [1.54, 1.807) is 0 Å². The van der Waals surface area contributed by atoms with Gasteiger partial charge in [0, 0.05) is 6.61 Å². The summed E-state index contributed by atoms with van der Waals surface area (Å²) in [5.74, 6) is 0. The van der Waals surface area contributed by atoms with Crippen molar-refractivity contribution >= 4 is 11.6 Å². The molecule has 0 aliphatic heterocycles. The Balaban J connectivity index is 3.70. The highest BCUT2D eigenvalue weighted by Crippen LogP contribution is 2.28. The molecular weight excluding hydrogens is 193 g/mol. The van der Waals surface area contributed by atoms with E-state index in [1.807, 2.05) is 6.92 Å². The van der Waals surface area contributed by atoms with E-state index in [1.165, 1.54) is 0 Å². The summed E-state index contributed by atoms with van der Waals surface area (Å²) in [5.41, 5.74) is 0. The van der Waals surface area contributed by atoms with E-state index >= 15 is 0 Å². The van der Waals surface area contributed by atoms with Crippen molar-refractivity contribution in [3.8, 4) is 0 Å². The van der Waals surface area contributed by atoms with Gasteiger partial charge in [-0.3, -0.25) is 0 Å². The van der Waals surface area contributed by atoms with Gasteiger partial charge in [0.25, 0.3) is 0 Å². The third-order valence-corrected chi connectivity index (χ3v) is 1.37. The van der Waals surface area contributed by atoms with Crippen LogP contribution in [0.5, 0.6) is 0 Å². The Hall–Kier alpha value is -0.220. The van der Waals surface area contributed by atoms with Crippen LogP contribution in [0.1, 0.15) is 13.3 Å². The van der Waals surface area contributed by atoms with Crippen LogP contribution in [0.4, 0.5) is 13.2 Å². The number of alkyl halides is 3. The lowest BCUT2D eigenvalue weighted by molar-refractivity contribution is -0.0850. The Morgan fingerprint density at radius 2 is 2.08 bits per heavy atom. The Bertz CT molecular complexity index is 153. The molecule has 0 saturated heterocycles. The molecule has 0 rings (SSSR count). The van der Waals surface area contributed by atoms with E-state index < -0.39 is 11.2 Å². The average Bonchev–Trinajstić information content (AvgIpc) is 1.96. The summed E-state index contributed by atoms with van der Waals surface area (Å²) >= 11 is 4.89. The van der Waals surface area contributed by atoms with E-state index in [-0.39, 0.29) is 6.61 Å². The van der Waals surface area contributed by atoms with Gasteiger partial charge in [-0.25, -0.2) is 0 Å². The van der Waals surface area contributed by atoms with Crippen molar-refractivity contribution in [2.45, 2.75) is 19.5 Å². The smallest absolute Gasteiger partial charge is 0.377 e. The molecular formula is C7H10ClF3O. The maximum absolute atomic E-state index is 11.7. The Labute approximate surface area is 74.2 Å². The first-order valence-corrected chi connectivity index (χ1v) is 3.87. The molecule has 0 unspecified atom stereocenters. The Morgan fingerprint density at radius 1 is 1.50 bits per heavy atom. The molecule has 0 aromatic carbocycles. The van der Waals surface area contributed by atoms with Crippen LogP contribution in [0.3, 0.4) is 0 Å². The van der Waals surface area contributed by atoms with Crippen molar-refractivity contribution in [1.82, 2.24) is 0 Å². The molecule has 0 aromatic rings. The highest BCUT2D eigenvalue weighted by atomic mass is 35.5. The minimum Gasteiger partial charge on any atom is -0.377 e. The van der Waals surface area contributed by atoms with Gasteiger partial charge in [-0.05, 0) is 12.5 Å². The summed E-state index contributed by atoms with van der Waals surface area (Å²) in [6, 6.07) is 0. The summed E-state index contributed by atoms with van der Waals surface area (Å²) in [4.78, 5) is 0. The summed E-state index contributed by atoms with van der Waals surface area (Å²) < 4.78 is 39.9. The van der Waals surface area contributed by atoms with E-state index in [9.17, 15) is 13.2 Å². The SMILES string of the molecule is CCCOCC=C(Cl)C(F)(F)F. The number of allylic oxidation sites excluding steroid dienone is 1. The van der Waals surface area contributed by atoms with Crippen LogP contribution in [-0.2, 0) is 4.74 Å². The molecule has 72 valence electrons. The quantitative estimate of drug-likeness (QED) is 0.637. The van der Waals surface area contributed by atoms with Gasteiger partial charge in [0.2, 0.25) is 0 Å². The van der Waals surface area contributed by atoms with Gasteiger partial charge in [0.05, 0.1) is 6.61 Å². The van der Waals surface area contributed by atoms with Crippen molar-refractivity contribution in [3.63, 3.8) is 0 Å². The zero-order chi connectivity index (χ0) is 9.61. The lowest BCUT2D eigenvalue weighted by Gasteiger charge is -2.03. The molecule has 12 heavy (non-hydrogen) atoms. The molecule has 0 aliphatic rings. The van der Waals surface area contributed by atoms with Crippen LogP contribution in [-0.4, -0.2) is 19.4 Å². The van der Waals surface area contributed by atoms with Crippen LogP contribution in [0, 0.1) is 0 Å². The lowest BCUT2D eigenvalue weighted by Crippen LogP contribution is -2.08. The topological polar surface area (TPSA) is 9.23 Å². The number of rotatable bonds is 4. The van der Waals surface area contributed by atoms with Crippen LogP contribution in [0.15, 0.2) is 11.1 Å². The van der Waals surface area contributed by atoms with Gasteiger partial charge in [-0.15, -0.1) is 0 Å². The zero-order valence-electron chi connectivity index (χ0n) is 6.62. The molecule has 0 N–H and O–H groups in total. The average molecular weight is 203 g/mol. The first-order chi connectivity index (χ1) is 5.48. The maximum Gasteiger partial charge on any atom is 0.426 e. The van der Waals surface area contributed by atoms with Gasteiger partial charge in [-0.2, -0.15) is 13.2 Å². The summed E-state index contributed by atoms with van der Waals surface area (Å²) in [7, 11) is 0. The maximum atomic E-state index is 11.7. The Kier molecular flexibility index (Phi) is 5.33. The largest absolute Gasteiger partial charge is 0.426 e. The van der Waals surface area contributed by atoms with Crippen molar-refractivity contribution in [2.75, 3.05) is 13.2 Å². The van der Waals surface area contributed by atoms with Crippen molar-refractivity contribution in [1.29, 1.82) is 0 Å². The van der Waals surface area contributed by atoms with Gasteiger partial charge in [-0.1, -0.05) is 18.5 Å². The molecule has 0 bridgehead atoms. The van der Waals surface area contributed by atoms with Crippen molar-refractivity contribution in [3.05, 3.63) is 11.1 Å². The normalized spacial score (nSPS) is 13.6. The van der Waals surface area contributed by atoms with Gasteiger partial charge >= 0.3 is 6.18 Å². The first-order valence-electron chi connectivity index (χ1n) is 3.49. The molecule has 0 heterocycles. The minimum atomic E-state index is -4.45. The van der Waals surface area contributed by atoms with Crippen LogP contribution >= 0.6 is 11.6 Å². The van der Waals surface area contributed by atoms with Crippen LogP contribution in [0.2, 0.25) is 0 Å². The van der Waals surface area contributed by atoms with Gasteiger partial charge in [0.15, 0.2) is 0 Å². The van der Waals surface area contributed by atoms with Crippen LogP contribution < -0.4 is 0 Å². The highest BCUT2D eigenvalue weighted by Gasteiger charge is 2.31. The molecule has 0 radical (unpaired) electrons. The van der Waals surface area contributed by atoms with E-state index in [4.69, 9.17) is 16.3 Å². The zero-order valence-corrected chi connectivity index (χ0v) is 7.37. The Morgan fingerprint density at radius 3 is 2.50 bits per heavy atom. The minimum absolute atomic E-state index is 0.0911. The second kappa shape index (κ2) is 5.43. The molecule has 0 fully saturated rings. The number of hydrogen-bond acceptors (Lipinski definition) is 1. The highest BCUT2D eigenvalue weighted by molar-refractivity contribution is 6.30. The fourth-order valence-corrected chi connectivity index (χ4v) is 0.538. The molecule has 0 atom stereocenters. The molecule has 1 nitrogen and oxygen atoms in total. The fourth-order valence-electron chi connectivity index (χ4n) is 0.475. The summed E-state index contributed by atoms with van der Waals surface area (Å²) in [6.07, 6.45) is -2.86. The molecule has 0 amide bonds. The first kappa shape index (κ1) is 11.8. The molecule has 5 heteroatoms. The van der Waals surface area contributed by atoms with Crippen LogP contribution in [0.25, 0.3) is 0 Å². The predicted molar refractivity (Wildman–Crippen MR) is 41.1 cm³/mol. The van der Waals surface area contributed by atoms with Crippen molar-refractivity contribution in [2.24, 2.45) is 0 Å². The third kappa shape index (κ3) is 5.43. The molecule has 0 saturated carbocycles. The van der Waals surface area contributed by atoms with E-state index in [0.717, 1.165) is 12.5 Å². The molecule has 0 spiro atoms. The summed E-state index contributed by atoms with van der Waals surface area (Å²) in [6.45, 7) is 2.22. The number of hydrogen-bond donors (Lipinski definition) is 0. The second-order valence-corrected chi connectivity index (χ2v) is 2.53. The third-order valence-electron chi connectivity index (χ3n) is 1.000. The predicted octanol–water partition coefficient (Wildman–Crippen LogP) is 3.10. The number of ether oxygens (including phenoxy) is 1. The fraction of sp³-hybridized carbons (Fsp3) is 0.714. The monoisotopic (exact) mass is 202 g/mol. The second-order valence-electron chi connectivity index (χ2n) is 2.12. The summed E-state index contributed by atoms with van der Waals surface area (Å²) in [5, 5.41) is -1.13. The molecule has 0 aliphatic carbocycles. The number of halogens is 4. The van der Waals surface area contributed by atoms with Crippen molar-refractivity contribution < 1.29 is 17.9 Å². The van der Waals surface area contributed by atoms with E-state index in [2.05, 4.69) is 0 Å². The molecule has 0 aromatic heterocycles. The van der Waals surface area contributed by atoms with Gasteiger partial charge in [0.1, 0.15) is 5.03 Å². The van der Waals surface area contributed by atoms with E-state index in [0.29, 0.717) is 6.61 Å².